The third kappa shape index (κ3) is 5.42. The summed E-state index contributed by atoms with van der Waals surface area (Å²) in [6, 6.07) is 13.9. The number of aryl methyl sites for hydroxylation is 2. The van der Waals surface area contributed by atoms with E-state index in [9.17, 15) is 4.79 Å². The molecule has 0 aromatic heterocycles. The van der Waals surface area contributed by atoms with Gasteiger partial charge in [0.2, 0.25) is 5.91 Å². The molecule has 1 N–H and O–H groups in total. The Morgan fingerprint density at radius 3 is 2.65 bits per heavy atom. The number of hydrogen-bond donors (Lipinski definition) is 1. The van der Waals surface area contributed by atoms with Crippen LogP contribution in [0.1, 0.15) is 23.1 Å². The minimum absolute atomic E-state index is 0.0524. The number of hydrogen-bond acceptors (Lipinski definition) is 3. The van der Waals surface area contributed by atoms with E-state index in [1.54, 1.807) is 7.11 Å². The summed E-state index contributed by atoms with van der Waals surface area (Å²) in [6.07, 6.45) is 0.349. The lowest BCUT2D eigenvalue weighted by Crippen LogP contribution is -2.14. The van der Waals surface area contributed by atoms with Crippen molar-refractivity contribution >= 4 is 11.6 Å². The molecule has 0 saturated heterocycles. The fourth-order valence-electron chi connectivity index (χ4n) is 2.24. The molecule has 4 nitrogen and oxygen atoms in total. The number of methoxy groups -OCH3 is 1. The highest BCUT2D eigenvalue weighted by Crippen LogP contribution is 2.22. The first kappa shape index (κ1) is 17.0. The molecule has 0 heterocycles. The van der Waals surface area contributed by atoms with Gasteiger partial charge in [-0.2, -0.15) is 0 Å². The second-order valence-corrected chi connectivity index (χ2v) is 5.55. The second-order valence-electron chi connectivity index (χ2n) is 5.55. The summed E-state index contributed by atoms with van der Waals surface area (Å²) >= 11 is 0. The Kier molecular flexibility index (Phi) is 6.18. The molecule has 0 radical (unpaired) electrons. The van der Waals surface area contributed by atoms with Crippen LogP contribution in [0.15, 0.2) is 42.5 Å². The average molecular weight is 313 g/mol. The Labute approximate surface area is 137 Å². The first-order valence-electron chi connectivity index (χ1n) is 7.66. The van der Waals surface area contributed by atoms with Crippen molar-refractivity contribution in [3.8, 4) is 5.75 Å². The summed E-state index contributed by atoms with van der Waals surface area (Å²) < 4.78 is 10.7. The van der Waals surface area contributed by atoms with Crippen LogP contribution < -0.4 is 10.1 Å². The maximum absolute atomic E-state index is 11.7. The number of nitrogens with one attached hydrogen (secondary N) is 1. The number of ether oxygens (including phenoxy) is 2. The van der Waals surface area contributed by atoms with E-state index in [0.29, 0.717) is 19.6 Å². The predicted octanol–water partition coefficient (Wildman–Crippen LogP) is 3.86. The Morgan fingerprint density at radius 2 is 1.96 bits per heavy atom. The molecule has 0 spiro atoms. The Hall–Kier alpha value is -2.33. The maximum Gasteiger partial charge on any atom is 0.226 e. The van der Waals surface area contributed by atoms with E-state index >= 15 is 0 Å². The highest BCUT2D eigenvalue weighted by Gasteiger charge is 2.06. The zero-order valence-corrected chi connectivity index (χ0v) is 13.9. The lowest BCUT2D eigenvalue weighted by Gasteiger charge is -2.11. The van der Waals surface area contributed by atoms with Crippen LogP contribution >= 0.6 is 0 Å². The molecule has 23 heavy (non-hydrogen) atoms. The molecule has 2 aromatic rings. The third-order valence-electron chi connectivity index (χ3n) is 3.49. The van der Waals surface area contributed by atoms with Gasteiger partial charge in [-0.25, -0.2) is 0 Å². The van der Waals surface area contributed by atoms with Crippen LogP contribution in [-0.2, 0) is 16.1 Å². The van der Waals surface area contributed by atoms with Gasteiger partial charge in [0.1, 0.15) is 12.4 Å². The van der Waals surface area contributed by atoms with Crippen LogP contribution in [0.2, 0.25) is 0 Å². The van der Waals surface area contributed by atoms with Gasteiger partial charge in [-0.3, -0.25) is 4.79 Å². The molecular formula is C19H23NO3. The molecule has 0 bridgehead atoms. The van der Waals surface area contributed by atoms with Gasteiger partial charge in [0.25, 0.3) is 0 Å². The predicted molar refractivity (Wildman–Crippen MR) is 91.8 cm³/mol. The van der Waals surface area contributed by atoms with Gasteiger partial charge >= 0.3 is 0 Å². The number of benzene rings is 2. The lowest BCUT2D eigenvalue weighted by atomic mass is 10.1. The molecule has 0 aliphatic carbocycles. The Balaban J connectivity index is 1.94. The van der Waals surface area contributed by atoms with E-state index in [-0.39, 0.29) is 5.91 Å². The quantitative estimate of drug-likeness (QED) is 0.844. The normalized spacial score (nSPS) is 10.4. The Morgan fingerprint density at radius 1 is 1.13 bits per heavy atom. The minimum Gasteiger partial charge on any atom is -0.489 e. The van der Waals surface area contributed by atoms with E-state index in [4.69, 9.17) is 9.47 Å². The van der Waals surface area contributed by atoms with Crippen LogP contribution in [0.25, 0.3) is 0 Å². The van der Waals surface area contributed by atoms with Gasteiger partial charge in [0, 0.05) is 12.8 Å². The van der Waals surface area contributed by atoms with Gasteiger partial charge in [-0.1, -0.05) is 29.8 Å². The first-order valence-corrected chi connectivity index (χ1v) is 7.66. The van der Waals surface area contributed by atoms with E-state index in [0.717, 1.165) is 22.6 Å². The summed E-state index contributed by atoms with van der Waals surface area (Å²) in [4.78, 5) is 11.7. The standard InChI is InChI=1S/C19H23NO3/c1-14-5-4-6-16(11-14)13-23-17-7-8-18(15(2)12-17)20-19(21)9-10-22-3/h4-8,11-12H,9-10,13H2,1-3H3,(H,20,21). The van der Waals surface area contributed by atoms with Gasteiger partial charge in [-0.05, 0) is 43.2 Å². The molecule has 0 atom stereocenters. The van der Waals surface area contributed by atoms with Gasteiger partial charge < -0.3 is 14.8 Å². The summed E-state index contributed by atoms with van der Waals surface area (Å²) in [6.45, 7) is 4.96. The second kappa shape index (κ2) is 8.34. The van der Waals surface area contributed by atoms with Crippen molar-refractivity contribution in [1.29, 1.82) is 0 Å². The minimum atomic E-state index is -0.0524. The summed E-state index contributed by atoms with van der Waals surface area (Å²) in [5.41, 5.74) is 4.13. The third-order valence-corrected chi connectivity index (χ3v) is 3.49. The number of carbonyl (C=O) groups is 1. The number of rotatable bonds is 7. The largest absolute Gasteiger partial charge is 0.489 e. The van der Waals surface area contributed by atoms with Crippen molar-refractivity contribution < 1.29 is 14.3 Å². The molecule has 0 unspecified atom stereocenters. The first-order chi connectivity index (χ1) is 11.1. The van der Waals surface area contributed by atoms with Gasteiger partial charge in [0.15, 0.2) is 0 Å². The van der Waals surface area contributed by atoms with Gasteiger partial charge in [-0.15, -0.1) is 0 Å². The molecule has 0 fully saturated rings. The summed E-state index contributed by atoms with van der Waals surface area (Å²) in [5, 5.41) is 2.88. The van der Waals surface area contributed by atoms with Crippen LogP contribution in [0.4, 0.5) is 5.69 Å². The Bertz CT molecular complexity index is 667. The molecule has 0 aliphatic heterocycles. The van der Waals surface area contributed by atoms with Crippen LogP contribution in [-0.4, -0.2) is 19.6 Å². The molecular weight excluding hydrogens is 290 g/mol. The van der Waals surface area contributed by atoms with Crippen molar-refractivity contribution in [3.05, 3.63) is 59.2 Å². The topological polar surface area (TPSA) is 47.6 Å². The molecule has 2 aromatic carbocycles. The highest BCUT2D eigenvalue weighted by molar-refractivity contribution is 5.91. The zero-order valence-electron chi connectivity index (χ0n) is 13.9. The average Bonchev–Trinajstić information content (AvgIpc) is 2.53. The summed E-state index contributed by atoms with van der Waals surface area (Å²) in [7, 11) is 1.58. The monoisotopic (exact) mass is 313 g/mol. The van der Waals surface area contributed by atoms with Crippen LogP contribution in [0.5, 0.6) is 5.75 Å². The van der Waals surface area contributed by atoms with Crippen molar-refractivity contribution in [2.45, 2.75) is 26.9 Å². The molecule has 0 saturated carbocycles. The summed E-state index contributed by atoms with van der Waals surface area (Å²) in [5.74, 6) is 0.738. The maximum atomic E-state index is 11.7. The molecule has 0 aliphatic rings. The van der Waals surface area contributed by atoms with E-state index in [1.807, 2.05) is 37.3 Å². The lowest BCUT2D eigenvalue weighted by molar-refractivity contribution is -0.117. The van der Waals surface area contributed by atoms with Crippen LogP contribution in [0, 0.1) is 13.8 Å². The number of amides is 1. The van der Waals surface area contributed by atoms with Crippen molar-refractivity contribution in [2.75, 3.05) is 19.0 Å². The molecule has 4 heteroatoms. The van der Waals surface area contributed by atoms with Crippen molar-refractivity contribution in [1.82, 2.24) is 0 Å². The fourth-order valence-corrected chi connectivity index (χ4v) is 2.24. The van der Waals surface area contributed by atoms with Gasteiger partial charge in [0.05, 0.1) is 13.0 Å². The number of anilines is 1. The number of carbonyl (C=O) groups excluding carboxylic acids is 1. The SMILES string of the molecule is COCCC(=O)Nc1ccc(OCc2cccc(C)c2)cc1C. The smallest absolute Gasteiger partial charge is 0.226 e. The van der Waals surface area contributed by atoms with Crippen molar-refractivity contribution in [3.63, 3.8) is 0 Å². The molecule has 2 rings (SSSR count). The van der Waals surface area contributed by atoms with E-state index in [1.165, 1.54) is 5.56 Å². The van der Waals surface area contributed by atoms with E-state index < -0.39 is 0 Å². The fraction of sp³-hybridized carbons (Fsp3) is 0.316. The molecule has 1 amide bonds. The van der Waals surface area contributed by atoms with Crippen molar-refractivity contribution in [2.24, 2.45) is 0 Å². The van der Waals surface area contributed by atoms with E-state index in [2.05, 4.69) is 24.4 Å². The highest BCUT2D eigenvalue weighted by atomic mass is 16.5. The van der Waals surface area contributed by atoms with Crippen LogP contribution in [0.3, 0.4) is 0 Å². The zero-order chi connectivity index (χ0) is 16.7. The molecule has 122 valence electrons.